The predicted octanol–water partition coefficient (Wildman–Crippen LogP) is 3.17. The molecular weight excluding hydrogens is 222 g/mol. The number of aromatic nitrogens is 2. The van der Waals surface area contributed by atoms with Crippen molar-refractivity contribution >= 4 is 17.8 Å². The van der Waals surface area contributed by atoms with E-state index in [9.17, 15) is 0 Å². The average molecular weight is 243 g/mol. The summed E-state index contributed by atoms with van der Waals surface area (Å²) in [6.45, 7) is 9.54. The monoisotopic (exact) mass is 243 g/mol. The van der Waals surface area contributed by atoms with Crippen molar-refractivity contribution in [1.29, 1.82) is 0 Å². The number of anilines is 1. The van der Waals surface area contributed by atoms with Gasteiger partial charge >= 0.3 is 6.01 Å². The Morgan fingerprint density at radius 2 is 2.12 bits per heavy atom. The van der Waals surface area contributed by atoms with Gasteiger partial charge in [-0.05, 0) is 12.3 Å². The van der Waals surface area contributed by atoms with Crippen LogP contribution in [0, 0.1) is 5.92 Å². The van der Waals surface area contributed by atoms with Crippen molar-refractivity contribution in [3.05, 3.63) is 5.82 Å². The van der Waals surface area contributed by atoms with Crippen molar-refractivity contribution in [2.75, 3.05) is 11.9 Å². The first kappa shape index (κ1) is 13.4. The summed E-state index contributed by atoms with van der Waals surface area (Å²) >= 11 is 1.85. The molecule has 0 saturated carbocycles. The molecule has 1 atom stereocenters. The van der Waals surface area contributed by atoms with Crippen LogP contribution in [-0.2, 0) is 5.75 Å². The minimum absolute atomic E-state index is 0.536. The minimum atomic E-state index is 0.536. The topological polar surface area (TPSA) is 51.0 Å². The van der Waals surface area contributed by atoms with Crippen LogP contribution >= 0.6 is 11.8 Å². The highest BCUT2D eigenvalue weighted by atomic mass is 32.2. The third-order valence-electron chi connectivity index (χ3n) is 2.20. The van der Waals surface area contributed by atoms with E-state index < -0.39 is 0 Å². The van der Waals surface area contributed by atoms with Crippen molar-refractivity contribution < 1.29 is 4.52 Å². The summed E-state index contributed by atoms with van der Waals surface area (Å²) in [7, 11) is 0. The van der Waals surface area contributed by atoms with Crippen LogP contribution in [0.4, 0.5) is 6.01 Å². The molecule has 0 aromatic carbocycles. The zero-order valence-electron chi connectivity index (χ0n) is 10.5. The van der Waals surface area contributed by atoms with Crippen LogP contribution in [0.2, 0.25) is 0 Å². The molecule has 1 N–H and O–H groups in total. The van der Waals surface area contributed by atoms with Crippen LogP contribution in [0.5, 0.6) is 0 Å². The fourth-order valence-corrected chi connectivity index (χ4v) is 1.80. The van der Waals surface area contributed by atoms with E-state index in [1.807, 2.05) is 11.8 Å². The number of nitrogens with one attached hydrogen (secondary N) is 1. The molecule has 0 aliphatic rings. The maximum Gasteiger partial charge on any atom is 0.321 e. The van der Waals surface area contributed by atoms with E-state index in [0.29, 0.717) is 17.2 Å². The Morgan fingerprint density at radius 3 is 2.75 bits per heavy atom. The summed E-state index contributed by atoms with van der Waals surface area (Å²) in [6.07, 6.45) is 1.17. The minimum Gasteiger partial charge on any atom is -0.337 e. The highest BCUT2D eigenvalue weighted by Gasteiger charge is 2.08. The zero-order valence-corrected chi connectivity index (χ0v) is 11.3. The molecule has 0 amide bonds. The lowest BCUT2D eigenvalue weighted by atomic mass is 10.2. The molecule has 4 nitrogen and oxygen atoms in total. The predicted molar refractivity (Wildman–Crippen MR) is 68.7 cm³/mol. The van der Waals surface area contributed by atoms with E-state index >= 15 is 0 Å². The van der Waals surface area contributed by atoms with Gasteiger partial charge < -0.3 is 9.84 Å². The van der Waals surface area contributed by atoms with Gasteiger partial charge in [-0.3, -0.25) is 0 Å². The Labute approximate surface area is 102 Å². The molecule has 0 fully saturated rings. The molecule has 1 unspecified atom stereocenters. The van der Waals surface area contributed by atoms with E-state index in [1.54, 1.807) is 0 Å². The van der Waals surface area contributed by atoms with Gasteiger partial charge in [0.2, 0.25) is 0 Å². The summed E-state index contributed by atoms with van der Waals surface area (Å²) in [5.41, 5.74) is 0. The van der Waals surface area contributed by atoms with Crippen molar-refractivity contribution in [3.63, 3.8) is 0 Å². The third-order valence-corrected chi connectivity index (χ3v) is 3.53. The smallest absolute Gasteiger partial charge is 0.321 e. The van der Waals surface area contributed by atoms with Gasteiger partial charge in [-0.25, -0.2) is 0 Å². The summed E-state index contributed by atoms with van der Waals surface area (Å²) in [5.74, 6) is 2.17. The molecule has 0 radical (unpaired) electrons. The molecule has 16 heavy (non-hydrogen) atoms. The Kier molecular flexibility index (Phi) is 5.66. The molecule has 1 aromatic rings. The Bertz CT molecular complexity index is 301. The fraction of sp³-hybridized carbons (Fsp3) is 0.818. The quantitative estimate of drug-likeness (QED) is 0.797. The molecule has 1 heterocycles. The molecular formula is C11H21N3OS. The Hall–Kier alpha value is -0.710. The standard InChI is InChI=1S/C11H21N3OS/c1-5-9(4)16-7-10-13-11(15-14-10)12-6-8(2)3/h8-9H,5-7H2,1-4H3,(H,12,13,14). The van der Waals surface area contributed by atoms with Crippen LogP contribution < -0.4 is 5.32 Å². The van der Waals surface area contributed by atoms with Crippen molar-refractivity contribution in [2.24, 2.45) is 5.92 Å². The summed E-state index contributed by atoms with van der Waals surface area (Å²) < 4.78 is 5.10. The van der Waals surface area contributed by atoms with Crippen molar-refractivity contribution in [3.8, 4) is 0 Å². The van der Waals surface area contributed by atoms with E-state index in [4.69, 9.17) is 4.52 Å². The molecule has 0 bridgehead atoms. The molecule has 92 valence electrons. The van der Waals surface area contributed by atoms with Crippen molar-refractivity contribution in [1.82, 2.24) is 10.1 Å². The molecule has 0 spiro atoms. The van der Waals surface area contributed by atoms with Crippen molar-refractivity contribution in [2.45, 2.75) is 45.1 Å². The van der Waals surface area contributed by atoms with E-state index in [-0.39, 0.29) is 0 Å². The Balaban J connectivity index is 2.33. The Morgan fingerprint density at radius 1 is 1.38 bits per heavy atom. The average Bonchev–Trinajstić information content (AvgIpc) is 2.71. The second-order valence-corrected chi connectivity index (χ2v) is 5.75. The largest absolute Gasteiger partial charge is 0.337 e. The lowest BCUT2D eigenvalue weighted by Gasteiger charge is -2.04. The first-order valence-electron chi connectivity index (χ1n) is 5.79. The summed E-state index contributed by atoms with van der Waals surface area (Å²) in [6, 6.07) is 0.536. The van der Waals surface area contributed by atoms with Gasteiger partial charge in [0.15, 0.2) is 5.82 Å². The maximum atomic E-state index is 5.10. The van der Waals surface area contributed by atoms with E-state index in [0.717, 1.165) is 18.1 Å². The van der Waals surface area contributed by atoms with Crippen LogP contribution in [-0.4, -0.2) is 21.9 Å². The first-order valence-corrected chi connectivity index (χ1v) is 6.84. The maximum absolute atomic E-state index is 5.10. The summed E-state index contributed by atoms with van der Waals surface area (Å²) in [5, 5.41) is 7.69. The van der Waals surface area contributed by atoms with Crippen LogP contribution in [0.3, 0.4) is 0 Å². The van der Waals surface area contributed by atoms with Gasteiger partial charge in [-0.1, -0.05) is 32.9 Å². The van der Waals surface area contributed by atoms with Crippen LogP contribution in [0.15, 0.2) is 4.52 Å². The molecule has 5 heteroatoms. The molecule has 0 aliphatic heterocycles. The normalized spacial score (nSPS) is 13.1. The number of hydrogen-bond acceptors (Lipinski definition) is 5. The van der Waals surface area contributed by atoms with Gasteiger partial charge in [0.1, 0.15) is 0 Å². The first-order chi connectivity index (χ1) is 7.61. The van der Waals surface area contributed by atoms with E-state index in [1.165, 1.54) is 6.42 Å². The number of nitrogens with zero attached hydrogens (tertiary/aromatic N) is 2. The molecule has 1 rings (SSSR count). The highest BCUT2D eigenvalue weighted by Crippen LogP contribution is 2.18. The lowest BCUT2D eigenvalue weighted by Crippen LogP contribution is -2.08. The van der Waals surface area contributed by atoms with E-state index in [2.05, 4.69) is 43.2 Å². The molecule has 0 saturated heterocycles. The van der Waals surface area contributed by atoms with Gasteiger partial charge in [0.05, 0.1) is 5.75 Å². The summed E-state index contributed by atoms with van der Waals surface area (Å²) in [4.78, 5) is 4.28. The molecule has 1 aromatic heterocycles. The second kappa shape index (κ2) is 6.78. The van der Waals surface area contributed by atoms with Crippen LogP contribution in [0.1, 0.15) is 39.9 Å². The zero-order chi connectivity index (χ0) is 12.0. The van der Waals surface area contributed by atoms with Crippen LogP contribution in [0.25, 0.3) is 0 Å². The molecule has 0 aliphatic carbocycles. The van der Waals surface area contributed by atoms with Gasteiger partial charge in [0.25, 0.3) is 0 Å². The SMILES string of the molecule is CCC(C)SCc1noc(NCC(C)C)n1. The van der Waals surface area contributed by atoms with Gasteiger partial charge in [-0.15, -0.1) is 0 Å². The lowest BCUT2D eigenvalue weighted by molar-refractivity contribution is 0.423. The second-order valence-electron chi connectivity index (χ2n) is 4.32. The third kappa shape index (κ3) is 4.88. The van der Waals surface area contributed by atoms with Gasteiger partial charge in [0, 0.05) is 11.8 Å². The fourth-order valence-electron chi connectivity index (χ4n) is 1.01. The number of hydrogen-bond donors (Lipinski definition) is 1. The number of thioether (sulfide) groups is 1. The highest BCUT2D eigenvalue weighted by molar-refractivity contribution is 7.99. The number of rotatable bonds is 7. The van der Waals surface area contributed by atoms with Gasteiger partial charge in [-0.2, -0.15) is 16.7 Å².